The molecule has 0 unspecified atom stereocenters. The number of methoxy groups -OCH3 is 1. The van der Waals surface area contributed by atoms with Crippen molar-refractivity contribution in [1.82, 2.24) is 15.5 Å². The van der Waals surface area contributed by atoms with Crippen LogP contribution in [0.25, 0.3) is 11.4 Å². The van der Waals surface area contributed by atoms with E-state index in [-0.39, 0.29) is 12.0 Å². The van der Waals surface area contributed by atoms with Crippen LogP contribution in [-0.4, -0.2) is 29.3 Å². The van der Waals surface area contributed by atoms with Gasteiger partial charge in [0.25, 0.3) is 0 Å². The number of ether oxygens (including phenoxy) is 2. The van der Waals surface area contributed by atoms with Crippen LogP contribution in [0.1, 0.15) is 30.1 Å². The fourth-order valence-electron chi connectivity index (χ4n) is 2.39. The van der Waals surface area contributed by atoms with Crippen molar-refractivity contribution in [3.63, 3.8) is 0 Å². The summed E-state index contributed by atoms with van der Waals surface area (Å²) in [5.74, 6) is 1.36. The normalized spacial score (nSPS) is 10.7. The quantitative estimate of drug-likeness (QED) is 0.688. The molecule has 0 aliphatic rings. The molecule has 1 aromatic heterocycles. The lowest BCUT2D eigenvalue weighted by Gasteiger charge is -2.09. The zero-order chi connectivity index (χ0) is 19.2. The van der Waals surface area contributed by atoms with Crippen molar-refractivity contribution in [2.75, 3.05) is 7.11 Å². The van der Waals surface area contributed by atoms with Gasteiger partial charge in [-0.3, -0.25) is 4.79 Å². The maximum Gasteiger partial charge on any atom is 0.316 e. The van der Waals surface area contributed by atoms with Crippen LogP contribution in [0.2, 0.25) is 0 Å². The van der Waals surface area contributed by atoms with Crippen LogP contribution in [0.4, 0.5) is 0 Å². The largest absolute Gasteiger partial charge is 0.497 e. The number of nitrogens with one attached hydrogen (secondary N) is 1. The summed E-state index contributed by atoms with van der Waals surface area (Å²) in [5, 5.41) is 6.62. The number of benzene rings is 2. The van der Waals surface area contributed by atoms with Crippen molar-refractivity contribution in [3.8, 4) is 22.9 Å². The fourth-order valence-corrected chi connectivity index (χ4v) is 2.39. The lowest BCUT2D eigenvalue weighted by atomic mass is 10.2. The molecule has 0 spiro atoms. The highest BCUT2D eigenvalue weighted by Crippen LogP contribution is 2.20. The summed E-state index contributed by atoms with van der Waals surface area (Å²) in [7, 11) is 1.61. The van der Waals surface area contributed by atoms with Crippen LogP contribution in [0, 0.1) is 0 Å². The molecule has 0 aliphatic carbocycles. The molecule has 3 rings (SSSR count). The van der Waals surface area contributed by atoms with E-state index in [9.17, 15) is 4.79 Å². The summed E-state index contributed by atoms with van der Waals surface area (Å²) in [6.07, 6.45) is 0.0991. The minimum atomic E-state index is -0.427. The number of carbonyl (C=O) groups excluding carboxylic acids is 1. The highest BCUT2D eigenvalue weighted by molar-refractivity contribution is 5.89. The maximum atomic E-state index is 12.2. The van der Waals surface area contributed by atoms with Gasteiger partial charge in [-0.2, -0.15) is 4.98 Å². The van der Waals surface area contributed by atoms with Gasteiger partial charge in [-0.05, 0) is 55.8 Å². The lowest BCUT2D eigenvalue weighted by molar-refractivity contribution is 0.0907. The van der Waals surface area contributed by atoms with Gasteiger partial charge in [0.1, 0.15) is 11.5 Å². The molecule has 3 aromatic rings. The molecule has 140 valence electrons. The zero-order valence-electron chi connectivity index (χ0n) is 15.4. The summed E-state index contributed by atoms with van der Waals surface area (Å²) in [6, 6.07) is 14.7. The standard InChI is InChI=1S/C20H21N3O4/c1-13(2)26-17-10-6-15(7-11-17)18-22-20(27-23-18)19(24)21-12-14-4-8-16(25-3)9-5-14/h4-11,13H,12H2,1-3H3,(H,21,24). The molecule has 0 bridgehead atoms. The fraction of sp³-hybridized carbons (Fsp3) is 0.250. The first-order valence-electron chi connectivity index (χ1n) is 8.57. The van der Waals surface area contributed by atoms with E-state index in [4.69, 9.17) is 14.0 Å². The molecule has 27 heavy (non-hydrogen) atoms. The Labute approximate surface area is 157 Å². The lowest BCUT2D eigenvalue weighted by Crippen LogP contribution is -2.23. The Morgan fingerprint density at radius 3 is 2.37 bits per heavy atom. The molecule has 0 aliphatic heterocycles. The van der Waals surface area contributed by atoms with Crippen molar-refractivity contribution in [3.05, 3.63) is 60.0 Å². The van der Waals surface area contributed by atoms with Gasteiger partial charge in [-0.1, -0.05) is 17.3 Å². The highest BCUT2D eigenvalue weighted by atomic mass is 16.5. The minimum Gasteiger partial charge on any atom is -0.497 e. The first-order valence-corrected chi connectivity index (χ1v) is 8.57. The summed E-state index contributed by atoms with van der Waals surface area (Å²) < 4.78 is 15.8. The molecule has 0 saturated carbocycles. The Morgan fingerprint density at radius 1 is 1.07 bits per heavy atom. The summed E-state index contributed by atoms with van der Waals surface area (Å²) in [4.78, 5) is 16.4. The van der Waals surface area contributed by atoms with Crippen molar-refractivity contribution in [1.29, 1.82) is 0 Å². The first kappa shape index (κ1) is 18.4. The second-order valence-electron chi connectivity index (χ2n) is 6.14. The van der Waals surface area contributed by atoms with Gasteiger partial charge < -0.3 is 19.3 Å². The van der Waals surface area contributed by atoms with Crippen LogP contribution in [0.3, 0.4) is 0 Å². The molecule has 0 radical (unpaired) electrons. The molecule has 0 atom stereocenters. The van der Waals surface area contributed by atoms with Crippen LogP contribution in [-0.2, 0) is 6.54 Å². The van der Waals surface area contributed by atoms with Gasteiger partial charge in [-0.25, -0.2) is 0 Å². The summed E-state index contributed by atoms with van der Waals surface area (Å²) in [5.41, 5.74) is 1.67. The van der Waals surface area contributed by atoms with Gasteiger partial charge in [-0.15, -0.1) is 0 Å². The number of nitrogens with zero attached hydrogens (tertiary/aromatic N) is 2. The number of rotatable bonds is 7. The Kier molecular flexibility index (Phi) is 5.71. The smallest absolute Gasteiger partial charge is 0.316 e. The monoisotopic (exact) mass is 367 g/mol. The minimum absolute atomic E-state index is 0.0824. The maximum absolute atomic E-state index is 12.2. The molecule has 7 nitrogen and oxygen atoms in total. The van der Waals surface area contributed by atoms with E-state index >= 15 is 0 Å². The molecule has 2 aromatic carbocycles. The van der Waals surface area contributed by atoms with E-state index < -0.39 is 5.91 Å². The Balaban J connectivity index is 1.61. The average molecular weight is 367 g/mol. The third kappa shape index (κ3) is 4.84. The number of carbonyl (C=O) groups is 1. The van der Waals surface area contributed by atoms with Gasteiger partial charge in [0, 0.05) is 12.1 Å². The molecule has 1 heterocycles. The second-order valence-corrected chi connectivity index (χ2v) is 6.14. The molecule has 0 fully saturated rings. The van der Waals surface area contributed by atoms with Gasteiger partial charge in [0.15, 0.2) is 0 Å². The number of hydrogen-bond acceptors (Lipinski definition) is 6. The predicted octanol–water partition coefficient (Wildman–Crippen LogP) is 3.46. The van der Waals surface area contributed by atoms with E-state index in [1.807, 2.05) is 62.4 Å². The Hall–Kier alpha value is -3.35. The molecular weight excluding hydrogens is 346 g/mol. The average Bonchev–Trinajstić information content (AvgIpc) is 3.17. The van der Waals surface area contributed by atoms with E-state index in [1.165, 1.54) is 0 Å². The van der Waals surface area contributed by atoms with Crippen molar-refractivity contribution in [2.45, 2.75) is 26.5 Å². The van der Waals surface area contributed by atoms with Crippen molar-refractivity contribution < 1.29 is 18.8 Å². The zero-order valence-corrected chi connectivity index (χ0v) is 15.4. The third-order valence-corrected chi connectivity index (χ3v) is 3.72. The highest BCUT2D eigenvalue weighted by Gasteiger charge is 2.16. The van der Waals surface area contributed by atoms with Crippen LogP contribution >= 0.6 is 0 Å². The molecule has 1 amide bonds. The number of hydrogen-bond donors (Lipinski definition) is 1. The second kappa shape index (κ2) is 8.35. The van der Waals surface area contributed by atoms with Crippen LogP contribution < -0.4 is 14.8 Å². The summed E-state index contributed by atoms with van der Waals surface area (Å²) in [6.45, 7) is 4.27. The molecule has 0 saturated heterocycles. The van der Waals surface area contributed by atoms with Crippen LogP contribution in [0.15, 0.2) is 53.1 Å². The molecule has 1 N–H and O–H groups in total. The van der Waals surface area contributed by atoms with Crippen LogP contribution in [0.5, 0.6) is 11.5 Å². The van der Waals surface area contributed by atoms with E-state index in [1.54, 1.807) is 7.11 Å². The van der Waals surface area contributed by atoms with Crippen molar-refractivity contribution >= 4 is 5.91 Å². The molecule has 7 heteroatoms. The van der Waals surface area contributed by atoms with E-state index in [0.717, 1.165) is 22.6 Å². The number of amides is 1. The molecular formula is C20H21N3O4. The third-order valence-electron chi connectivity index (χ3n) is 3.72. The van der Waals surface area contributed by atoms with Crippen molar-refractivity contribution in [2.24, 2.45) is 0 Å². The SMILES string of the molecule is COc1ccc(CNC(=O)c2nc(-c3ccc(OC(C)C)cc3)no2)cc1. The number of aromatic nitrogens is 2. The Bertz CT molecular complexity index is 886. The van der Waals surface area contributed by atoms with Gasteiger partial charge in [0.05, 0.1) is 13.2 Å². The van der Waals surface area contributed by atoms with Gasteiger partial charge >= 0.3 is 11.8 Å². The summed E-state index contributed by atoms with van der Waals surface area (Å²) >= 11 is 0. The first-order chi connectivity index (χ1) is 13.0. The Morgan fingerprint density at radius 2 is 1.74 bits per heavy atom. The van der Waals surface area contributed by atoms with Gasteiger partial charge in [0.2, 0.25) is 5.82 Å². The predicted molar refractivity (Wildman–Crippen MR) is 99.7 cm³/mol. The van der Waals surface area contributed by atoms with E-state index in [2.05, 4.69) is 15.5 Å². The van der Waals surface area contributed by atoms with E-state index in [0.29, 0.717) is 12.4 Å². The topological polar surface area (TPSA) is 86.5 Å².